The van der Waals surface area contributed by atoms with Crippen molar-refractivity contribution in [3.63, 3.8) is 0 Å². The second-order valence-corrected chi connectivity index (χ2v) is 6.74. The molecule has 0 aliphatic heterocycles. The van der Waals surface area contributed by atoms with E-state index in [1.165, 1.54) is 28.1 Å². The summed E-state index contributed by atoms with van der Waals surface area (Å²) in [6.45, 7) is 0.837. The van der Waals surface area contributed by atoms with Crippen molar-refractivity contribution in [3.8, 4) is 0 Å². The summed E-state index contributed by atoms with van der Waals surface area (Å²) in [4.78, 5) is 2.35. The quantitative estimate of drug-likeness (QED) is 0.328. The van der Waals surface area contributed by atoms with Crippen molar-refractivity contribution >= 4 is 23.5 Å². The van der Waals surface area contributed by atoms with E-state index in [-0.39, 0.29) is 0 Å². The number of anilines is 2. The fourth-order valence-electron chi connectivity index (χ4n) is 3.23. The minimum absolute atomic E-state index is 0.837. The summed E-state index contributed by atoms with van der Waals surface area (Å²) in [6.07, 6.45) is 4.30. The normalized spacial score (nSPS) is 10.9. The van der Waals surface area contributed by atoms with Gasteiger partial charge in [0, 0.05) is 17.9 Å². The van der Waals surface area contributed by atoms with Crippen LogP contribution >= 0.6 is 0 Å². The Labute approximate surface area is 167 Å². The van der Waals surface area contributed by atoms with Gasteiger partial charge >= 0.3 is 0 Å². The van der Waals surface area contributed by atoms with Crippen molar-refractivity contribution in [2.45, 2.75) is 6.54 Å². The van der Waals surface area contributed by atoms with E-state index in [0.717, 1.165) is 6.54 Å². The van der Waals surface area contributed by atoms with Gasteiger partial charge in [-0.3, -0.25) is 0 Å². The van der Waals surface area contributed by atoms with E-state index < -0.39 is 0 Å². The lowest BCUT2D eigenvalue weighted by atomic mass is 10.1. The summed E-state index contributed by atoms with van der Waals surface area (Å²) in [5, 5.41) is 0. The van der Waals surface area contributed by atoms with Crippen LogP contribution in [0.1, 0.15) is 16.7 Å². The Morgan fingerprint density at radius 1 is 0.464 bits per heavy atom. The van der Waals surface area contributed by atoms with E-state index in [2.05, 4.69) is 126 Å². The SMILES string of the molecule is C(=Cc1ccc(N(Cc2ccccc2)c2ccccc2)cc1)c1ccccc1. The first-order valence-electron chi connectivity index (χ1n) is 9.58. The number of para-hydroxylation sites is 1. The summed E-state index contributed by atoms with van der Waals surface area (Å²) in [6, 6.07) is 40.3. The number of benzene rings is 4. The third-order valence-corrected chi connectivity index (χ3v) is 4.72. The fraction of sp³-hybridized carbons (Fsp3) is 0.0370. The second kappa shape index (κ2) is 8.88. The van der Waals surface area contributed by atoms with Gasteiger partial charge < -0.3 is 4.90 Å². The lowest BCUT2D eigenvalue weighted by Gasteiger charge is -2.25. The molecule has 4 rings (SSSR count). The number of hydrogen-bond donors (Lipinski definition) is 0. The van der Waals surface area contributed by atoms with Gasteiger partial charge in [0.2, 0.25) is 0 Å². The first-order valence-corrected chi connectivity index (χ1v) is 9.58. The number of nitrogens with zero attached hydrogens (tertiary/aromatic N) is 1. The lowest BCUT2D eigenvalue weighted by molar-refractivity contribution is 0.975. The van der Waals surface area contributed by atoms with Crippen LogP contribution in [-0.2, 0) is 6.54 Å². The van der Waals surface area contributed by atoms with Gasteiger partial charge in [-0.05, 0) is 41.0 Å². The minimum Gasteiger partial charge on any atom is -0.337 e. The van der Waals surface area contributed by atoms with Crippen LogP contribution in [0.15, 0.2) is 115 Å². The molecule has 1 nitrogen and oxygen atoms in total. The van der Waals surface area contributed by atoms with Crippen molar-refractivity contribution in [2.24, 2.45) is 0 Å². The molecule has 0 amide bonds. The van der Waals surface area contributed by atoms with Gasteiger partial charge in [0.1, 0.15) is 0 Å². The average molecular weight is 361 g/mol. The van der Waals surface area contributed by atoms with Gasteiger partial charge in [-0.25, -0.2) is 0 Å². The lowest BCUT2D eigenvalue weighted by Crippen LogP contribution is -2.16. The van der Waals surface area contributed by atoms with Gasteiger partial charge in [-0.1, -0.05) is 103 Å². The molecule has 0 unspecified atom stereocenters. The molecular formula is C27H23N. The van der Waals surface area contributed by atoms with Crippen LogP contribution in [-0.4, -0.2) is 0 Å². The van der Waals surface area contributed by atoms with Crippen molar-refractivity contribution < 1.29 is 0 Å². The standard InChI is InChI=1S/C27H23N/c1-4-10-23(11-5-1)16-17-24-18-20-27(21-19-24)28(26-14-8-3-9-15-26)22-25-12-6-2-7-13-25/h1-21H,22H2. The van der Waals surface area contributed by atoms with Crippen LogP contribution in [0.25, 0.3) is 12.2 Å². The highest BCUT2D eigenvalue weighted by molar-refractivity contribution is 5.71. The molecule has 0 aromatic heterocycles. The van der Waals surface area contributed by atoms with E-state index in [4.69, 9.17) is 0 Å². The maximum Gasteiger partial charge on any atom is 0.0481 e. The molecule has 0 fully saturated rings. The molecule has 4 aromatic rings. The van der Waals surface area contributed by atoms with Crippen molar-refractivity contribution in [1.29, 1.82) is 0 Å². The zero-order chi connectivity index (χ0) is 19.0. The molecule has 0 atom stereocenters. The summed E-state index contributed by atoms with van der Waals surface area (Å²) in [5.74, 6) is 0. The molecule has 1 heteroatoms. The Balaban J connectivity index is 1.59. The zero-order valence-electron chi connectivity index (χ0n) is 15.8. The van der Waals surface area contributed by atoms with Gasteiger partial charge in [0.25, 0.3) is 0 Å². The molecule has 0 aliphatic carbocycles. The van der Waals surface area contributed by atoms with Crippen LogP contribution in [0.4, 0.5) is 11.4 Å². The summed E-state index contributed by atoms with van der Waals surface area (Å²) >= 11 is 0. The Morgan fingerprint density at radius 2 is 0.929 bits per heavy atom. The van der Waals surface area contributed by atoms with Crippen LogP contribution in [0.2, 0.25) is 0 Å². The van der Waals surface area contributed by atoms with E-state index in [9.17, 15) is 0 Å². The van der Waals surface area contributed by atoms with Crippen molar-refractivity contribution in [3.05, 3.63) is 132 Å². The Bertz CT molecular complexity index is 1000. The van der Waals surface area contributed by atoms with E-state index in [1.807, 2.05) is 6.07 Å². The van der Waals surface area contributed by atoms with Crippen LogP contribution in [0.5, 0.6) is 0 Å². The molecule has 0 heterocycles. The Kier molecular flexibility index (Phi) is 5.65. The number of hydrogen-bond acceptors (Lipinski definition) is 1. The highest BCUT2D eigenvalue weighted by atomic mass is 15.1. The largest absolute Gasteiger partial charge is 0.337 e. The molecule has 0 radical (unpaired) electrons. The first-order chi connectivity index (χ1) is 13.9. The van der Waals surface area contributed by atoms with Gasteiger partial charge in [0.15, 0.2) is 0 Å². The highest BCUT2D eigenvalue weighted by Gasteiger charge is 2.09. The third-order valence-electron chi connectivity index (χ3n) is 4.72. The molecule has 0 saturated heterocycles. The van der Waals surface area contributed by atoms with Crippen LogP contribution in [0, 0.1) is 0 Å². The first kappa shape index (κ1) is 17.8. The molecule has 28 heavy (non-hydrogen) atoms. The van der Waals surface area contributed by atoms with Gasteiger partial charge in [-0.15, -0.1) is 0 Å². The maximum atomic E-state index is 2.35. The van der Waals surface area contributed by atoms with E-state index >= 15 is 0 Å². The summed E-state index contributed by atoms with van der Waals surface area (Å²) in [5.41, 5.74) is 6.08. The van der Waals surface area contributed by atoms with E-state index in [0.29, 0.717) is 0 Å². The van der Waals surface area contributed by atoms with E-state index in [1.54, 1.807) is 0 Å². The Hall–Kier alpha value is -3.58. The third kappa shape index (κ3) is 4.57. The number of rotatable bonds is 6. The molecule has 0 bridgehead atoms. The molecule has 136 valence electrons. The van der Waals surface area contributed by atoms with Gasteiger partial charge in [0.05, 0.1) is 0 Å². The predicted octanol–water partition coefficient (Wildman–Crippen LogP) is 7.20. The maximum absolute atomic E-state index is 2.35. The average Bonchev–Trinajstić information content (AvgIpc) is 2.78. The topological polar surface area (TPSA) is 3.24 Å². The van der Waals surface area contributed by atoms with Crippen LogP contribution in [0.3, 0.4) is 0 Å². The molecule has 0 saturated carbocycles. The monoisotopic (exact) mass is 361 g/mol. The molecule has 0 aliphatic rings. The minimum atomic E-state index is 0.837. The van der Waals surface area contributed by atoms with Crippen molar-refractivity contribution in [1.82, 2.24) is 0 Å². The smallest absolute Gasteiger partial charge is 0.0481 e. The van der Waals surface area contributed by atoms with Gasteiger partial charge in [-0.2, -0.15) is 0 Å². The summed E-state index contributed by atoms with van der Waals surface area (Å²) in [7, 11) is 0. The van der Waals surface area contributed by atoms with Crippen LogP contribution < -0.4 is 4.90 Å². The molecular weight excluding hydrogens is 338 g/mol. The molecule has 0 spiro atoms. The fourth-order valence-corrected chi connectivity index (χ4v) is 3.23. The molecule has 0 N–H and O–H groups in total. The molecule has 4 aromatic carbocycles. The predicted molar refractivity (Wildman–Crippen MR) is 121 cm³/mol. The summed E-state index contributed by atoms with van der Waals surface area (Å²) < 4.78 is 0. The van der Waals surface area contributed by atoms with Crippen molar-refractivity contribution in [2.75, 3.05) is 4.90 Å². The Morgan fingerprint density at radius 3 is 1.54 bits per heavy atom. The second-order valence-electron chi connectivity index (χ2n) is 6.74. The zero-order valence-corrected chi connectivity index (χ0v) is 15.8. The highest BCUT2D eigenvalue weighted by Crippen LogP contribution is 2.28.